The van der Waals surface area contributed by atoms with Crippen molar-refractivity contribution < 1.29 is 43.5 Å². The minimum Gasteiger partial charge on any atom is -0.550 e. The Labute approximate surface area is 56.7 Å². The van der Waals surface area contributed by atoms with Crippen LogP contribution in [-0.4, -0.2) is 5.97 Å². The summed E-state index contributed by atoms with van der Waals surface area (Å²) in [5, 5.41) is 8.89. The van der Waals surface area contributed by atoms with Gasteiger partial charge >= 0.3 is 33.6 Å². The third-order valence-corrected chi connectivity index (χ3v) is 0. The largest absolute Gasteiger partial charge is 2.00 e. The van der Waals surface area contributed by atoms with Crippen molar-refractivity contribution in [3.63, 3.8) is 0 Å². The first-order chi connectivity index (χ1) is 1.73. The Balaban J connectivity index is -0.0000000450. The van der Waals surface area contributed by atoms with Gasteiger partial charge in [0, 0.05) is 5.97 Å². The van der Waals surface area contributed by atoms with Gasteiger partial charge in [0.1, 0.15) is 0 Å². The minimum absolute atomic E-state index is 0. The molecule has 0 unspecified atom stereocenters. The molecular weight excluding hydrogens is 174 g/mol. The van der Waals surface area contributed by atoms with E-state index in [4.69, 9.17) is 9.90 Å². The Hall–Kier alpha value is 0.483. The van der Waals surface area contributed by atoms with E-state index in [0.717, 1.165) is 6.92 Å². The first kappa shape index (κ1) is 16.1. The van der Waals surface area contributed by atoms with Crippen LogP contribution in [-0.2, 0) is 38.4 Å². The summed E-state index contributed by atoms with van der Waals surface area (Å²) in [4.78, 5) is 8.89. The molecule has 0 atom stereocenters. The van der Waals surface area contributed by atoms with Crippen LogP contribution >= 0.6 is 0 Å². The molecule has 4 heteroatoms. The van der Waals surface area contributed by atoms with Crippen LogP contribution in [0.2, 0.25) is 0 Å². The van der Waals surface area contributed by atoms with Crippen molar-refractivity contribution in [1.29, 1.82) is 0 Å². The fourth-order valence-corrected chi connectivity index (χ4v) is 0. The fourth-order valence-electron chi connectivity index (χ4n) is 0. The Kier molecular flexibility index (Phi) is 24.3. The summed E-state index contributed by atoms with van der Waals surface area (Å²) < 4.78 is 0. The third kappa shape index (κ3) is 233. The topological polar surface area (TPSA) is 40.1 Å². The molecule has 38 valence electrons. The van der Waals surface area contributed by atoms with Crippen molar-refractivity contribution in [2.24, 2.45) is 0 Å². The van der Waals surface area contributed by atoms with Crippen molar-refractivity contribution in [3.05, 3.63) is 0 Å². The van der Waals surface area contributed by atoms with Crippen molar-refractivity contribution >= 4 is 5.97 Å². The Morgan fingerprint density at radius 2 is 1.50 bits per heavy atom. The van der Waals surface area contributed by atoms with Gasteiger partial charge in [0.15, 0.2) is 0 Å². The zero-order valence-electron chi connectivity index (χ0n) is 2.98. The molecule has 2 nitrogen and oxygen atoms in total. The third-order valence-electron chi connectivity index (χ3n) is 0. The van der Waals surface area contributed by atoms with E-state index in [9.17, 15) is 0 Å². The van der Waals surface area contributed by atoms with E-state index >= 15 is 0 Å². The number of rotatable bonds is 0. The molecule has 0 aliphatic carbocycles. The summed E-state index contributed by atoms with van der Waals surface area (Å²) in [5.74, 6) is -1.08. The van der Waals surface area contributed by atoms with Crippen molar-refractivity contribution in [2.45, 2.75) is 6.92 Å². The second kappa shape index (κ2) is 9.08. The predicted molar refractivity (Wildman–Crippen MR) is 10.7 cm³/mol. The maximum atomic E-state index is 8.89. The van der Waals surface area contributed by atoms with Crippen molar-refractivity contribution in [3.8, 4) is 0 Å². The van der Waals surface area contributed by atoms with Gasteiger partial charge in [0.2, 0.25) is 0 Å². The molecule has 0 amide bonds. The molecule has 0 saturated heterocycles. The van der Waals surface area contributed by atoms with Gasteiger partial charge in [-0.15, -0.1) is 0 Å². The van der Waals surface area contributed by atoms with Crippen molar-refractivity contribution in [1.82, 2.24) is 0 Å². The van der Waals surface area contributed by atoms with E-state index in [1.807, 2.05) is 0 Å². The van der Waals surface area contributed by atoms with Crippen LogP contribution < -0.4 is 5.11 Å². The standard InChI is InChI=1S/C2H4O2.2Co/c1-2(3)4;;/h1H3,(H,3,4);;/q;2*+2/p-1. The minimum atomic E-state index is -1.08. The average molecular weight is 177 g/mol. The maximum Gasteiger partial charge on any atom is 2.00 e. The fraction of sp³-hybridized carbons (Fsp3) is 0.500. The van der Waals surface area contributed by atoms with Gasteiger partial charge in [-0.05, 0) is 6.92 Å². The van der Waals surface area contributed by atoms with E-state index in [1.54, 1.807) is 0 Å². The Morgan fingerprint density at radius 3 is 1.50 bits per heavy atom. The summed E-state index contributed by atoms with van der Waals surface area (Å²) >= 11 is 0. The zero-order chi connectivity index (χ0) is 3.58. The quantitative estimate of drug-likeness (QED) is 0.463. The first-order valence-electron chi connectivity index (χ1n) is 0.908. The van der Waals surface area contributed by atoms with E-state index in [-0.39, 0.29) is 33.6 Å². The van der Waals surface area contributed by atoms with Gasteiger partial charge < -0.3 is 9.90 Å². The van der Waals surface area contributed by atoms with E-state index < -0.39 is 5.97 Å². The SMILES string of the molecule is CC(=O)[O-].[Co+2].[Co+2]. The summed E-state index contributed by atoms with van der Waals surface area (Å²) in [6.45, 7) is 0.972. The van der Waals surface area contributed by atoms with Gasteiger partial charge in [-0.2, -0.15) is 0 Å². The molecule has 0 saturated carbocycles. The number of aliphatic carboxylic acids is 1. The maximum absolute atomic E-state index is 8.89. The van der Waals surface area contributed by atoms with Gasteiger partial charge in [-0.1, -0.05) is 0 Å². The van der Waals surface area contributed by atoms with Crippen LogP contribution in [0.5, 0.6) is 0 Å². The summed E-state index contributed by atoms with van der Waals surface area (Å²) in [6, 6.07) is 0. The Bertz CT molecular complexity index is 32.5. The first-order valence-corrected chi connectivity index (χ1v) is 0.908. The molecule has 6 heavy (non-hydrogen) atoms. The normalized spacial score (nSPS) is 4.17. The van der Waals surface area contributed by atoms with Gasteiger partial charge in [0.25, 0.3) is 0 Å². The molecule has 0 aromatic heterocycles. The molecule has 0 rings (SSSR count). The molecule has 0 bridgehead atoms. The number of carbonyl (C=O) groups is 1. The van der Waals surface area contributed by atoms with E-state index in [1.165, 1.54) is 0 Å². The Morgan fingerprint density at radius 1 is 1.50 bits per heavy atom. The number of hydrogen-bond acceptors (Lipinski definition) is 2. The van der Waals surface area contributed by atoms with Crippen LogP contribution in [0.1, 0.15) is 6.92 Å². The van der Waals surface area contributed by atoms with E-state index in [0.29, 0.717) is 0 Å². The van der Waals surface area contributed by atoms with Crippen LogP contribution in [0.25, 0.3) is 0 Å². The predicted octanol–water partition coefficient (Wildman–Crippen LogP) is -1.25. The number of hydrogen-bond donors (Lipinski definition) is 0. The van der Waals surface area contributed by atoms with Crippen LogP contribution in [0.15, 0.2) is 0 Å². The van der Waals surface area contributed by atoms with Gasteiger partial charge in [-0.25, -0.2) is 0 Å². The molecular formula is C2H3Co2O2+3. The van der Waals surface area contributed by atoms with Crippen LogP contribution in [0.3, 0.4) is 0 Å². The summed E-state index contributed by atoms with van der Waals surface area (Å²) in [7, 11) is 0. The molecule has 0 aliphatic heterocycles. The van der Waals surface area contributed by atoms with E-state index in [2.05, 4.69) is 0 Å². The molecule has 0 N–H and O–H groups in total. The summed E-state index contributed by atoms with van der Waals surface area (Å²) in [6.07, 6.45) is 0. The monoisotopic (exact) mass is 177 g/mol. The molecule has 0 aromatic rings. The molecule has 0 fully saturated rings. The van der Waals surface area contributed by atoms with Crippen LogP contribution in [0.4, 0.5) is 0 Å². The molecule has 0 aromatic carbocycles. The molecule has 0 spiro atoms. The van der Waals surface area contributed by atoms with Crippen LogP contribution in [0, 0.1) is 0 Å². The zero-order valence-corrected chi connectivity index (χ0v) is 5.07. The van der Waals surface area contributed by atoms with Crippen molar-refractivity contribution in [2.75, 3.05) is 0 Å². The molecule has 0 aliphatic rings. The second-order valence-corrected chi connectivity index (χ2v) is 0.492. The summed E-state index contributed by atoms with van der Waals surface area (Å²) in [5.41, 5.74) is 0. The number of carboxylic acid groups (broad SMARTS) is 1. The average Bonchev–Trinajstić information content (AvgIpc) is 0.811. The second-order valence-electron chi connectivity index (χ2n) is 0.492. The number of carbonyl (C=O) groups excluding carboxylic acids is 1. The molecule has 0 heterocycles. The van der Waals surface area contributed by atoms with Gasteiger partial charge in [-0.3, -0.25) is 0 Å². The van der Waals surface area contributed by atoms with Gasteiger partial charge in [0.05, 0.1) is 0 Å². The smallest absolute Gasteiger partial charge is 0.550 e. The number of carboxylic acids is 1. The molecule has 2 radical (unpaired) electrons.